The average molecular weight is 275 g/mol. The summed E-state index contributed by atoms with van der Waals surface area (Å²) in [5.41, 5.74) is 0. The van der Waals surface area contributed by atoms with Crippen LogP contribution in [0.1, 0.15) is 6.92 Å². The van der Waals surface area contributed by atoms with Gasteiger partial charge in [-0.2, -0.15) is 5.26 Å². The van der Waals surface area contributed by atoms with Crippen LogP contribution in [0, 0.1) is 11.3 Å². The van der Waals surface area contributed by atoms with Crippen LogP contribution < -0.4 is 0 Å². The number of methoxy groups -OCH3 is 4. The van der Waals surface area contributed by atoms with Gasteiger partial charge in [0.25, 0.3) is 0 Å². The molecule has 0 bridgehead atoms. The molecule has 0 aliphatic rings. The molecule has 19 heavy (non-hydrogen) atoms. The molecule has 0 aromatic carbocycles. The molecule has 0 N–H and O–H groups in total. The van der Waals surface area contributed by atoms with E-state index in [1.807, 2.05) is 6.07 Å². The van der Waals surface area contributed by atoms with Crippen LogP contribution in [0.5, 0.6) is 0 Å². The second-order valence-corrected chi connectivity index (χ2v) is 3.79. The van der Waals surface area contributed by atoms with E-state index >= 15 is 0 Å². The lowest BCUT2D eigenvalue weighted by Crippen LogP contribution is -2.50. The fraction of sp³-hybridized carbons (Fsp3) is 0.833. The summed E-state index contributed by atoms with van der Waals surface area (Å²) in [7, 11) is 5.73. The number of rotatable bonds is 9. The monoisotopic (exact) mass is 275 g/mol. The Morgan fingerprint density at radius 2 is 1.68 bits per heavy atom. The minimum absolute atomic E-state index is 0.125. The maximum atomic E-state index is 11.1. The molecule has 7 heteroatoms. The van der Waals surface area contributed by atoms with Crippen molar-refractivity contribution < 1.29 is 28.5 Å². The van der Waals surface area contributed by atoms with Crippen LogP contribution >= 0.6 is 0 Å². The Hall–Kier alpha value is -1.20. The van der Waals surface area contributed by atoms with Crippen molar-refractivity contribution in [3.63, 3.8) is 0 Å². The maximum absolute atomic E-state index is 11.1. The van der Waals surface area contributed by atoms with E-state index in [1.54, 1.807) is 0 Å². The Bertz CT molecular complexity index is 303. The number of hydrogen-bond donors (Lipinski definition) is 0. The van der Waals surface area contributed by atoms with Gasteiger partial charge >= 0.3 is 5.97 Å². The normalized spacial score (nSPS) is 17.1. The largest absolute Gasteiger partial charge is 0.457 e. The van der Waals surface area contributed by atoms with E-state index in [0.717, 1.165) is 0 Å². The molecule has 0 aliphatic heterocycles. The molecular weight excluding hydrogens is 254 g/mol. The van der Waals surface area contributed by atoms with Crippen LogP contribution in [-0.4, -0.2) is 65.4 Å². The summed E-state index contributed by atoms with van der Waals surface area (Å²) in [5, 5.41) is 9.02. The highest BCUT2D eigenvalue weighted by molar-refractivity contribution is 5.66. The van der Waals surface area contributed by atoms with Crippen molar-refractivity contribution in [2.75, 3.05) is 35.0 Å². The Kier molecular flexibility index (Phi) is 9.08. The van der Waals surface area contributed by atoms with Gasteiger partial charge in [-0.3, -0.25) is 4.79 Å². The summed E-state index contributed by atoms with van der Waals surface area (Å²) >= 11 is 0. The van der Waals surface area contributed by atoms with Gasteiger partial charge in [-0.1, -0.05) is 0 Å². The molecule has 0 aliphatic carbocycles. The van der Waals surface area contributed by atoms with Gasteiger partial charge in [0.15, 0.2) is 12.2 Å². The van der Waals surface area contributed by atoms with Crippen molar-refractivity contribution in [3.8, 4) is 6.07 Å². The topological polar surface area (TPSA) is 87.0 Å². The second kappa shape index (κ2) is 9.69. The number of carbonyl (C=O) groups excluding carboxylic acids is 1. The SMILES string of the molecule is COCC(OC(C)=O)C(OC)C(OC)C(C#N)OC. The van der Waals surface area contributed by atoms with E-state index in [1.165, 1.54) is 35.4 Å². The molecule has 0 aromatic heterocycles. The van der Waals surface area contributed by atoms with Gasteiger partial charge in [0.2, 0.25) is 0 Å². The van der Waals surface area contributed by atoms with Crippen molar-refractivity contribution in [1.29, 1.82) is 5.26 Å². The molecule has 4 atom stereocenters. The van der Waals surface area contributed by atoms with Gasteiger partial charge < -0.3 is 23.7 Å². The minimum Gasteiger partial charge on any atom is -0.457 e. The number of ether oxygens (including phenoxy) is 5. The molecule has 110 valence electrons. The van der Waals surface area contributed by atoms with Crippen LogP contribution in [0.2, 0.25) is 0 Å². The van der Waals surface area contributed by atoms with Crippen LogP contribution in [0.3, 0.4) is 0 Å². The Labute approximate surface area is 113 Å². The van der Waals surface area contributed by atoms with E-state index in [-0.39, 0.29) is 6.61 Å². The quantitative estimate of drug-likeness (QED) is 0.553. The van der Waals surface area contributed by atoms with Gasteiger partial charge in [0.05, 0.1) is 12.7 Å². The van der Waals surface area contributed by atoms with E-state index in [2.05, 4.69) is 0 Å². The fourth-order valence-corrected chi connectivity index (χ4v) is 1.76. The Morgan fingerprint density at radius 1 is 1.11 bits per heavy atom. The first-order chi connectivity index (χ1) is 9.05. The lowest BCUT2D eigenvalue weighted by atomic mass is 10.0. The molecule has 0 radical (unpaired) electrons. The number of esters is 1. The molecule has 0 saturated heterocycles. The average Bonchev–Trinajstić information content (AvgIpc) is 2.38. The van der Waals surface area contributed by atoms with E-state index in [4.69, 9.17) is 28.9 Å². The Morgan fingerprint density at radius 3 is 2.00 bits per heavy atom. The first-order valence-electron chi connectivity index (χ1n) is 5.69. The highest BCUT2D eigenvalue weighted by atomic mass is 16.6. The molecule has 4 unspecified atom stereocenters. The van der Waals surface area contributed by atoms with Crippen molar-refractivity contribution in [2.24, 2.45) is 0 Å². The zero-order chi connectivity index (χ0) is 14.8. The number of nitriles is 1. The first-order valence-corrected chi connectivity index (χ1v) is 5.69. The number of carbonyl (C=O) groups is 1. The summed E-state index contributed by atoms with van der Waals surface area (Å²) in [5.74, 6) is -0.468. The zero-order valence-corrected chi connectivity index (χ0v) is 11.9. The van der Waals surface area contributed by atoms with Gasteiger partial charge in [0.1, 0.15) is 12.2 Å². The highest BCUT2D eigenvalue weighted by Crippen LogP contribution is 2.16. The van der Waals surface area contributed by atoms with Gasteiger partial charge in [-0.15, -0.1) is 0 Å². The molecule has 0 saturated carbocycles. The molecule has 0 heterocycles. The summed E-state index contributed by atoms with van der Waals surface area (Å²) in [6.45, 7) is 1.41. The molecule has 0 fully saturated rings. The Balaban J connectivity index is 5.07. The molecule has 0 spiro atoms. The third-order valence-electron chi connectivity index (χ3n) is 2.56. The predicted octanol–water partition coefficient (Wildman–Crippen LogP) is 0.133. The van der Waals surface area contributed by atoms with Crippen LogP contribution in [-0.2, 0) is 28.5 Å². The van der Waals surface area contributed by atoms with Gasteiger partial charge in [-0.25, -0.2) is 0 Å². The van der Waals surface area contributed by atoms with Crippen molar-refractivity contribution in [2.45, 2.75) is 31.3 Å². The van der Waals surface area contributed by atoms with Gasteiger partial charge in [0, 0.05) is 35.4 Å². The minimum atomic E-state index is -0.843. The van der Waals surface area contributed by atoms with Gasteiger partial charge in [-0.05, 0) is 0 Å². The predicted molar refractivity (Wildman–Crippen MR) is 65.4 cm³/mol. The summed E-state index contributed by atoms with van der Waals surface area (Å²) < 4.78 is 25.7. The van der Waals surface area contributed by atoms with Crippen LogP contribution in [0.15, 0.2) is 0 Å². The third kappa shape index (κ3) is 5.53. The molecule has 7 nitrogen and oxygen atoms in total. The first kappa shape index (κ1) is 17.8. The summed E-state index contributed by atoms with van der Waals surface area (Å²) in [6.07, 6.45) is -2.92. The van der Waals surface area contributed by atoms with Crippen molar-refractivity contribution in [1.82, 2.24) is 0 Å². The lowest BCUT2D eigenvalue weighted by molar-refractivity contribution is -0.175. The highest BCUT2D eigenvalue weighted by Gasteiger charge is 2.37. The zero-order valence-electron chi connectivity index (χ0n) is 11.9. The van der Waals surface area contributed by atoms with E-state index in [9.17, 15) is 4.79 Å². The lowest BCUT2D eigenvalue weighted by Gasteiger charge is -2.32. The van der Waals surface area contributed by atoms with Crippen LogP contribution in [0.4, 0.5) is 0 Å². The molecule has 0 aromatic rings. The second-order valence-electron chi connectivity index (χ2n) is 3.79. The number of hydrogen-bond acceptors (Lipinski definition) is 7. The molecule has 0 amide bonds. The molecule has 0 rings (SSSR count). The maximum Gasteiger partial charge on any atom is 0.303 e. The smallest absolute Gasteiger partial charge is 0.303 e. The summed E-state index contributed by atoms with van der Waals surface area (Å²) in [4.78, 5) is 11.1. The fourth-order valence-electron chi connectivity index (χ4n) is 1.76. The summed E-state index contributed by atoms with van der Waals surface area (Å²) in [6, 6.07) is 1.96. The molecular formula is C12H21NO6. The third-order valence-corrected chi connectivity index (χ3v) is 2.56. The van der Waals surface area contributed by atoms with Crippen molar-refractivity contribution >= 4 is 5.97 Å². The van der Waals surface area contributed by atoms with Crippen LogP contribution in [0.25, 0.3) is 0 Å². The van der Waals surface area contributed by atoms with Crippen molar-refractivity contribution in [3.05, 3.63) is 0 Å². The number of nitrogens with zero attached hydrogens (tertiary/aromatic N) is 1. The standard InChI is InChI=1S/C12H21NO6/c1-8(14)19-10(7-15-2)12(18-5)11(17-4)9(6-13)16-3/h9-12H,7H2,1-5H3. The van der Waals surface area contributed by atoms with E-state index in [0.29, 0.717) is 0 Å². The van der Waals surface area contributed by atoms with E-state index < -0.39 is 30.4 Å².